The number of nitrogens with one attached hydrogen (secondary N) is 1. The summed E-state index contributed by atoms with van der Waals surface area (Å²) < 4.78 is 26.6. The van der Waals surface area contributed by atoms with Crippen molar-refractivity contribution in [3.05, 3.63) is 65.7 Å². The molecule has 2 aliphatic heterocycles. The lowest BCUT2D eigenvalue weighted by Crippen LogP contribution is -2.44. The fourth-order valence-corrected chi connectivity index (χ4v) is 3.10. The first-order valence-electron chi connectivity index (χ1n) is 8.30. The van der Waals surface area contributed by atoms with Crippen LogP contribution in [-0.4, -0.2) is 39.8 Å². The monoisotopic (exact) mass is 385 g/mol. The van der Waals surface area contributed by atoms with Crippen LogP contribution < -0.4 is 5.32 Å². The molecule has 1 fully saturated rings. The zero-order chi connectivity index (χ0) is 19.8. The number of halogens is 2. The summed E-state index contributed by atoms with van der Waals surface area (Å²) in [5.74, 6) is -2.33. The van der Waals surface area contributed by atoms with Crippen molar-refractivity contribution < 1.29 is 23.2 Å². The van der Waals surface area contributed by atoms with Gasteiger partial charge in [0.25, 0.3) is 11.8 Å². The number of carbonyl (C=O) groups is 3. The second-order valence-corrected chi connectivity index (χ2v) is 6.27. The average molecular weight is 385 g/mol. The van der Waals surface area contributed by atoms with Gasteiger partial charge in [0.1, 0.15) is 11.6 Å². The normalized spacial score (nSPS) is 20.6. The molecule has 8 nitrogen and oxygen atoms in total. The standard InChI is InChI=1S/C18H13F2N5O3/c19-11-4-1-3-10(7-11)9-24-16(26)14-15(17(24)27)25(23-22-14)18(28)21-13-6-2-5-12(20)8-13/h1-8,14-15H,9H2,(H,21,28)/t14-,15+/m0/s1. The van der Waals surface area contributed by atoms with Gasteiger partial charge in [0.2, 0.25) is 0 Å². The number of hydrogen-bond acceptors (Lipinski definition) is 5. The van der Waals surface area contributed by atoms with Gasteiger partial charge in [-0.1, -0.05) is 23.4 Å². The van der Waals surface area contributed by atoms with Crippen LogP contribution in [0.15, 0.2) is 58.9 Å². The highest BCUT2D eigenvalue weighted by molar-refractivity contribution is 6.11. The third-order valence-corrected chi connectivity index (χ3v) is 4.39. The highest BCUT2D eigenvalue weighted by Gasteiger charge is 2.55. The smallest absolute Gasteiger partial charge is 0.306 e. The van der Waals surface area contributed by atoms with E-state index >= 15 is 0 Å². The lowest BCUT2D eigenvalue weighted by Gasteiger charge is -2.19. The summed E-state index contributed by atoms with van der Waals surface area (Å²) in [6, 6.07) is 7.48. The fourth-order valence-electron chi connectivity index (χ4n) is 3.10. The van der Waals surface area contributed by atoms with Gasteiger partial charge >= 0.3 is 6.03 Å². The lowest BCUT2D eigenvalue weighted by molar-refractivity contribution is -0.140. The van der Waals surface area contributed by atoms with E-state index in [2.05, 4.69) is 15.7 Å². The van der Waals surface area contributed by atoms with E-state index in [-0.39, 0.29) is 12.2 Å². The van der Waals surface area contributed by atoms with Crippen LogP contribution in [0.4, 0.5) is 19.3 Å². The highest BCUT2D eigenvalue weighted by Crippen LogP contribution is 2.30. The Morgan fingerprint density at radius 1 is 1.04 bits per heavy atom. The summed E-state index contributed by atoms with van der Waals surface area (Å²) in [7, 11) is 0. The van der Waals surface area contributed by atoms with Gasteiger partial charge in [-0.05, 0) is 35.9 Å². The molecule has 2 atom stereocenters. The Balaban J connectivity index is 1.51. The summed E-state index contributed by atoms with van der Waals surface area (Å²) in [5.41, 5.74) is 0.589. The molecule has 2 aliphatic rings. The Morgan fingerprint density at radius 2 is 1.75 bits per heavy atom. The number of urea groups is 1. The van der Waals surface area contributed by atoms with E-state index in [4.69, 9.17) is 0 Å². The van der Waals surface area contributed by atoms with Crippen LogP contribution in [0.25, 0.3) is 0 Å². The molecular formula is C18H13F2N5O3. The minimum atomic E-state index is -1.23. The largest absolute Gasteiger partial charge is 0.344 e. The Kier molecular flexibility index (Phi) is 4.30. The third kappa shape index (κ3) is 3.08. The Hall–Kier alpha value is -3.69. The number of amides is 4. The number of fused-ring (bicyclic) bond motifs is 1. The van der Waals surface area contributed by atoms with Crippen LogP contribution in [-0.2, 0) is 16.1 Å². The number of nitrogens with zero attached hydrogens (tertiary/aromatic N) is 4. The minimum absolute atomic E-state index is 0.142. The van der Waals surface area contributed by atoms with Crippen LogP contribution in [0.1, 0.15) is 5.56 Å². The molecule has 0 saturated carbocycles. The predicted molar refractivity (Wildman–Crippen MR) is 91.6 cm³/mol. The van der Waals surface area contributed by atoms with Crippen molar-refractivity contribution >= 4 is 23.5 Å². The van der Waals surface area contributed by atoms with E-state index in [1.54, 1.807) is 6.07 Å². The van der Waals surface area contributed by atoms with E-state index in [9.17, 15) is 23.2 Å². The number of anilines is 1. The lowest BCUT2D eigenvalue weighted by atomic mass is 10.2. The predicted octanol–water partition coefficient (Wildman–Crippen LogP) is 2.49. The molecule has 0 aromatic heterocycles. The number of carbonyl (C=O) groups excluding carboxylic acids is 3. The molecule has 142 valence electrons. The highest BCUT2D eigenvalue weighted by atomic mass is 19.1. The SMILES string of the molecule is O=C1[C@H]2N=NN(C(=O)Nc3cccc(F)c3)[C@H]2C(=O)N1Cc1cccc(F)c1. The number of imide groups is 1. The Bertz CT molecular complexity index is 1010. The molecule has 1 N–H and O–H groups in total. The van der Waals surface area contributed by atoms with Gasteiger partial charge in [0.05, 0.1) is 6.54 Å². The molecule has 0 unspecified atom stereocenters. The van der Waals surface area contributed by atoms with Gasteiger partial charge in [0.15, 0.2) is 12.1 Å². The molecule has 28 heavy (non-hydrogen) atoms. The first kappa shape index (κ1) is 17.7. The van der Waals surface area contributed by atoms with Gasteiger partial charge in [-0.25, -0.2) is 13.6 Å². The molecule has 4 rings (SSSR count). The Labute approximate surface area is 157 Å². The maximum Gasteiger partial charge on any atom is 0.344 e. The van der Waals surface area contributed by atoms with Gasteiger partial charge in [0, 0.05) is 5.69 Å². The Morgan fingerprint density at radius 3 is 2.46 bits per heavy atom. The summed E-state index contributed by atoms with van der Waals surface area (Å²) in [5, 5.41) is 10.5. The van der Waals surface area contributed by atoms with Crippen molar-refractivity contribution in [3.63, 3.8) is 0 Å². The zero-order valence-electron chi connectivity index (χ0n) is 14.3. The van der Waals surface area contributed by atoms with Gasteiger partial charge in [-0.2, -0.15) is 10.1 Å². The molecule has 0 spiro atoms. The van der Waals surface area contributed by atoms with Crippen molar-refractivity contribution in [1.82, 2.24) is 9.91 Å². The van der Waals surface area contributed by atoms with E-state index in [1.165, 1.54) is 36.4 Å². The molecule has 1 saturated heterocycles. The molecule has 0 bridgehead atoms. The molecule has 2 aromatic carbocycles. The molecule has 2 aromatic rings. The van der Waals surface area contributed by atoms with Crippen LogP contribution in [0, 0.1) is 11.6 Å². The third-order valence-electron chi connectivity index (χ3n) is 4.39. The van der Waals surface area contributed by atoms with Gasteiger partial charge in [-0.3, -0.25) is 14.5 Å². The first-order valence-corrected chi connectivity index (χ1v) is 8.30. The zero-order valence-corrected chi connectivity index (χ0v) is 14.3. The van der Waals surface area contributed by atoms with Crippen LogP contribution in [0.3, 0.4) is 0 Å². The van der Waals surface area contributed by atoms with Crippen molar-refractivity contribution in [1.29, 1.82) is 0 Å². The number of rotatable bonds is 3. The summed E-state index contributed by atoms with van der Waals surface area (Å²) in [6.45, 7) is -0.142. The van der Waals surface area contributed by atoms with Crippen LogP contribution >= 0.6 is 0 Å². The minimum Gasteiger partial charge on any atom is -0.306 e. The second-order valence-electron chi connectivity index (χ2n) is 6.27. The van der Waals surface area contributed by atoms with Gasteiger partial charge in [-0.15, -0.1) is 0 Å². The summed E-state index contributed by atoms with van der Waals surface area (Å²) in [4.78, 5) is 38.6. The van der Waals surface area contributed by atoms with Gasteiger partial charge < -0.3 is 5.32 Å². The van der Waals surface area contributed by atoms with Crippen molar-refractivity contribution in [3.8, 4) is 0 Å². The van der Waals surface area contributed by atoms with Crippen molar-refractivity contribution in [2.24, 2.45) is 10.3 Å². The number of benzene rings is 2. The topological polar surface area (TPSA) is 94.4 Å². The molecule has 0 radical (unpaired) electrons. The first-order chi connectivity index (χ1) is 13.4. The summed E-state index contributed by atoms with van der Waals surface area (Å²) >= 11 is 0. The van der Waals surface area contributed by atoms with Crippen molar-refractivity contribution in [2.45, 2.75) is 18.6 Å². The van der Waals surface area contributed by atoms with Crippen LogP contribution in [0.2, 0.25) is 0 Å². The molecule has 0 aliphatic carbocycles. The molecular weight excluding hydrogens is 372 g/mol. The summed E-state index contributed by atoms with van der Waals surface area (Å²) in [6.07, 6.45) is 0. The van der Waals surface area contributed by atoms with E-state index < -0.39 is 41.6 Å². The van der Waals surface area contributed by atoms with Crippen molar-refractivity contribution in [2.75, 3.05) is 5.32 Å². The van der Waals surface area contributed by atoms with Crippen LogP contribution in [0.5, 0.6) is 0 Å². The maximum absolute atomic E-state index is 13.4. The van der Waals surface area contributed by atoms with E-state index in [1.807, 2.05) is 0 Å². The molecule has 10 heteroatoms. The molecule has 4 amide bonds. The second kappa shape index (κ2) is 6.80. The number of hydrogen-bond donors (Lipinski definition) is 1. The fraction of sp³-hybridized carbons (Fsp3) is 0.167. The number of likely N-dealkylation sites (tertiary alicyclic amines) is 1. The molecule has 2 heterocycles. The average Bonchev–Trinajstić information content (AvgIpc) is 3.18. The quantitative estimate of drug-likeness (QED) is 0.823. The van der Waals surface area contributed by atoms with E-state index in [0.29, 0.717) is 5.56 Å². The van der Waals surface area contributed by atoms with E-state index in [0.717, 1.165) is 16.0 Å². The maximum atomic E-state index is 13.4.